The van der Waals surface area contributed by atoms with Crippen molar-refractivity contribution >= 4 is 117 Å². The molecule has 0 fully saturated rings. The van der Waals surface area contributed by atoms with Crippen LogP contribution < -0.4 is 73.4 Å². The van der Waals surface area contributed by atoms with E-state index >= 15 is 8.78 Å². The van der Waals surface area contributed by atoms with E-state index in [9.17, 15) is 64.3 Å². The zero-order valence-corrected chi connectivity index (χ0v) is 63.3. The van der Waals surface area contributed by atoms with Crippen molar-refractivity contribution in [2.75, 3.05) is 19.5 Å². The number of aryl methyl sites for hydroxylation is 4. The maximum Gasteiger partial charge on any atom is 0.534 e. The largest absolute Gasteiger partial charge is 0.534 e. The summed E-state index contributed by atoms with van der Waals surface area (Å²) in [6.07, 6.45) is 6.16. The Morgan fingerprint density at radius 3 is 1.32 bits per heavy atom. The second kappa shape index (κ2) is 31.8. The van der Waals surface area contributed by atoms with Gasteiger partial charge in [-0.3, -0.25) is 61.6 Å². The number of nitrogens with two attached hydrogens (primary N) is 1. The second-order valence-corrected chi connectivity index (χ2v) is 28.2. The van der Waals surface area contributed by atoms with Gasteiger partial charge < -0.3 is 34.2 Å². The third-order valence-corrected chi connectivity index (χ3v) is 18.7. The summed E-state index contributed by atoms with van der Waals surface area (Å²) in [6, 6.07) is 31.4. The predicted molar refractivity (Wildman–Crippen MR) is 404 cm³/mol. The SMILES string of the molecule is COc1ccc(Cn2c(=O)c3c(OS(=O)(=O)C(F)(F)F)cc(=O)n(C)c3n(-c3ccc(I)cc3F)c2=O)cc1.COc1ccc(Cn2c(=O)c3c(Oc4cncc(C)c4)cc(=O)n(C)c3n(-c3ccc(I)cc3F)c2=O)cc1.Cc1cncc(Oc2cc(=O)n(C)c(Nc3ccc(I)cc3F)c2C(N)=O)c1. The van der Waals surface area contributed by atoms with Gasteiger partial charge in [-0.1, -0.05) is 24.3 Å². The van der Waals surface area contributed by atoms with Crippen LogP contribution in [0.4, 0.5) is 37.8 Å². The minimum atomic E-state index is -6.34. The van der Waals surface area contributed by atoms with Gasteiger partial charge in [0.05, 0.1) is 56.8 Å². The first-order valence-corrected chi connectivity index (χ1v) is 35.2. The Bertz CT molecular complexity index is 6090. The fourth-order valence-corrected chi connectivity index (χ4v) is 12.4. The number of primary amides is 1. The molecule has 0 aliphatic carbocycles. The van der Waals surface area contributed by atoms with Crippen molar-refractivity contribution < 1.29 is 62.7 Å². The number of fused-ring (bicyclic) bond motifs is 2. The molecule has 0 unspecified atom stereocenters. The number of anilines is 2. The van der Waals surface area contributed by atoms with Gasteiger partial charge in [-0.15, -0.1) is 0 Å². The van der Waals surface area contributed by atoms with E-state index in [2.05, 4.69) is 19.5 Å². The lowest BCUT2D eigenvalue weighted by atomic mass is 10.2. The Labute approximate surface area is 634 Å². The van der Waals surface area contributed by atoms with Crippen LogP contribution >= 0.6 is 67.8 Å². The number of amides is 1. The predicted octanol–water partition coefficient (Wildman–Crippen LogP) is 10.5. The van der Waals surface area contributed by atoms with E-state index in [1.807, 2.05) is 59.0 Å². The Hall–Kier alpha value is -10.9. The highest BCUT2D eigenvalue weighted by Crippen LogP contribution is 2.34. The quantitative estimate of drug-likeness (QED) is 0.0370. The first kappa shape index (κ1) is 77.7. The van der Waals surface area contributed by atoms with E-state index in [0.29, 0.717) is 64.6 Å². The minimum Gasteiger partial charge on any atom is -0.497 e. The number of methoxy groups -OCH3 is 2. The lowest BCUT2D eigenvalue weighted by Gasteiger charge is -2.19. The topological polar surface area (TPSA) is 315 Å². The van der Waals surface area contributed by atoms with Crippen LogP contribution in [0.5, 0.6) is 40.2 Å². The molecule has 0 saturated carbocycles. The lowest BCUT2D eigenvalue weighted by Crippen LogP contribution is -2.42. The van der Waals surface area contributed by atoms with Gasteiger partial charge >= 0.3 is 27.0 Å². The van der Waals surface area contributed by atoms with Crippen LogP contribution in [0, 0.1) is 42.0 Å². The van der Waals surface area contributed by atoms with Gasteiger partial charge in [0.1, 0.15) is 85.4 Å². The number of carbonyl (C=O) groups is 1. The molecule has 12 rings (SSSR count). The molecule has 36 heteroatoms. The highest BCUT2D eigenvalue weighted by molar-refractivity contribution is 14.1. The summed E-state index contributed by atoms with van der Waals surface area (Å²) in [4.78, 5) is 113. The average molecular weight is 1820 g/mol. The molecule has 5 aromatic carbocycles. The van der Waals surface area contributed by atoms with Crippen LogP contribution in [0.1, 0.15) is 32.6 Å². The number of benzene rings is 5. The highest BCUT2D eigenvalue weighted by atomic mass is 127. The van der Waals surface area contributed by atoms with Gasteiger partial charge in [-0.25, -0.2) is 31.9 Å². The van der Waals surface area contributed by atoms with Gasteiger partial charge in [0.25, 0.3) is 33.7 Å². The minimum absolute atomic E-state index is 0.0238. The van der Waals surface area contributed by atoms with Crippen LogP contribution in [-0.4, -0.2) is 76.0 Å². The monoisotopic (exact) mass is 1820 g/mol. The van der Waals surface area contributed by atoms with Crippen LogP contribution in [-0.2, 0) is 44.4 Å². The van der Waals surface area contributed by atoms with Crippen molar-refractivity contribution in [2.45, 2.75) is 32.4 Å². The zero-order chi connectivity index (χ0) is 77.1. The third-order valence-electron chi connectivity index (χ3n) is 15.7. The second-order valence-electron chi connectivity index (χ2n) is 22.9. The number of hydrogen-bond donors (Lipinski definition) is 2. The van der Waals surface area contributed by atoms with Gasteiger partial charge in [-0.2, -0.15) is 21.6 Å². The molecule has 26 nitrogen and oxygen atoms in total. The summed E-state index contributed by atoms with van der Waals surface area (Å²) >= 11 is 5.74. The van der Waals surface area contributed by atoms with E-state index in [0.717, 1.165) is 50.1 Å². The number of carbonyl (C=O) groups excluding carboxylic acids is 1. The van der Waals surface area contributed by atoms with E-state index in [4.69, 9.17) is 24.7 Å². The lowest BCUT2D eigenvalue weighted by molar-refractivity contribution is -0.0499. The van der Waals surface area contributed by atoms with Gasteiger partial charge in [0.2, 0.25) is 0 Å². The number of hydrogen-bond acceptors (Lipinski definition) is 18. The van der Waals surface area contributed by atoms with Crippen molar-refractivity contribution in [3.05, 3.63) is 287 Å². The van der Waals surface area contributed by atoms with Crippen LogP contribution in [0.2, 0.25) is 0 Å². The molecule has 0 aliphatic rings. The standard InChI is InChI=1S/C28H22FIN4O5.C23H16F4IN3O7S.C19H16FIN4O3/c1-16-10-20(14-31-13-16)39-23-12-24(35)32(2)26-25(23)27(36)33(15-17-4-7-19(38-3)8-5-17)28(37)34(26)22-9-6-18(30)11-21(22)29;1-29-18(32)10-17(38-39(35,36)23(25,26)27)19-20(29)31(16-8-5-13(28)9-15(16)24)22(34)30(21(19)33)11-12-3-6-14(37-2)7-4-12;1-10-5-12(9-23-8-10)28-15-7-16(26)25(2)19(17(15)18(22)27)24-14-4-3-11(21)6-13(14)20/h4-14H,15H2,1-3H3;3-10H,11H2,1-2H3;3-9,24H,1-2H3,(H2,22,27). The number of pyridine rings is 5. The van der Waals surface area contributed by atoms with Gasteiger partial charge in [0, 0.05) is 62.4 Å². The van der Waals surface area contributed by atoms with Crippen molar-refractivity contribution in [1.82, 2.24) is 41.9 Å². The smallest absolute Gasteiger partial charge is 0.497 e. The molecule has 548 valence electrons. The Balaban J connectivity index is 0.000000173. The van der Waals surface area contributed by atoms with E-state index in [1.54, 1.807) is 83.5 Å². The Morgan fingerprint density at radius 2 is 0.915 bits per heavy atom. The molecule has 7 heterocycles. The summed E-state index contributed by atoms with van der Waals surface area (Å²) in [5.74, 6) is -2.72. The molecule has 106 heavy (non-hydrogen) atoms. The van der Waals surface area contributed by atoms with E-state index in [-0.39, 0.29) is 51.8 Å². The Kier molecular flexibility index (Phi) is 23.3. The highest BCUT2D eigenvalue weighted by Gasteiger charge is 2.49. The van der Waals surface area contributed by atoms with Crippen molar-refractivity contribution in [1.29, 1.82) is 0 Å². The molecule has 0 atom stereocenters. The normalized spacial score (nSPS) is 11.3. The Morgan fingerprint density at radius 1 is 0.519 bits per heavy atom. The molecule has 0 radical (unpaired) electrons. The summed E-state index contributed by atoms with van der Waals surface area (Å²) in [5, 5.41) is 1.84. The summed E-state index contributed by atoms with van der Waals surface area (Å²) in [6.45, 7) is 3.07. The fraction of sp³-hybridized carbons (Fsp3) is 0.143. The number of ether oxygens (including phenoxy) is 4. The summed E-state index contributed by atoms with van der Waals surface area (Å²) in [5.41, 5.74) is -5.17. The first-order chi connectivity index (χ1) is 50.1. The zero-order valence-electron chi connectivity index (χ0n) is 56.0. The molecule has 0 aliphatic heterocycles. The molecule has 0 saturated heterocycles. The van der Waals surface area contributed by atoms with Crippen LogP contribution in [0.15, 0.2) is 192 Å². The van der Waals surface area contributed by atoms with Gasteiger partial charge in [0.15, 0.2) is 5.75 Å². The van der Waals surface area contributed by atoms with Crippen LogP contribution in [0.3, 0.4) is 0 Å². The van der Waals surface area contributed by atoms with Crippen molar-refractivity contribution in [3.8, 4) is 51.6 Å². The molecule has 3 N–H and O–H groups in total. The molecule has 0 bridgehead atoms. The number of aromatic nitrogens is 9. The first-order valence-electron chi connectivity index (χ1n) is 30.5. The molecule has 0 spiro atoms. The average Bonchev–Trinajstić information content (AvgIpc) is 0.731. The number of nitrogens with zero attached hydrogens (tertiary/aromatic N) is 9. The summed E-state index contributed by atoms with van der Waals surface area (Å²) < 4.78 is 142. The molecule has 1 amide bonds. The molecular weight excluding hydrogens is 1760 g/mol. The van der Waals surface area contributed by atoms with E-state index < -0.39 is 107 Å². The maximum atomic E-state index is 15.3. The molecule has 7 aromatic heterocycles. The van der Waals surface area contributed by atoms with Crippen molar-refractivity contribution in [2.24, 2.45) is 26.9 Å². The fourth-order valence-electron chi connectivity index (χ4n) is 10.6. The number of nitrogens with one attached hydrogen (secondary N) is 1. The van der Waals surface area contributed by atoms with Gasteiger partial charge in [-0.05, 0) is 195 Å². The van der Waals surface area contributed by atoms with Crippen molar-refractivity contribution in [3.63, 3.8) is 0 Å². The molecular formula is C70H54F6I3N11O15S. The molecule has 12 aromatic rings. The number of alkyl halides is 3. The number of rotatable bonds is 17. The van der Waals surface area contributed by atoms with E-state index in [1.165, 1.54) is 106 Å². The third kappa shape index (κ3) is 16.6. The maximum absolute atomic E-state index is 15.3. The summed E-state index contributed by atoms with van der Waals surface area (Å²) in [7, 11) is 0.534. The number of halogens is 9. The van der Waals surface area contributed by atoms with Crippen LogP contribution in [0.25, 0.3) is 33.4 Å².